The van der Waals surface area contributed by atoms with Crippen molar-refractivity contribution in [2.45, 2.75) is 6.92 Å². The molecule has 5 heteroatoms. The Kier molecular flexibility index (Phi) is 4.48. The minimum Gasteiger partial charge on any atom is -0.398 e. The monoisotopic (exact) mass is 311 g/mol. The van der Waals surface area contributed by atoms with Crippen LogP contribution in [0.5, 0.6) is 0 Å². The van der Waals surface area contributed by atoms with Crippen molar-refractivity contribution in [2.24, 2.45) is 0 Å². The average molecular weight is 311 g/mol. The van der Waals surface area contributed by atoms with Gasteiger partial charge in [-0.1, -0.05) is 12.1 Å². The fraction of sp³-hybridized carbons (Fsp3) is 0.278. The summed E-state index contributed by atoms with van der Waals surface area (Å²) in [5.41, 5.74) is 9.90. The van der Waals surface area contributed by atoms with Crippen LogP contribution in [0.15, 0.2) is 42.5 Å². The second-order valence-corrected chi connectivity index (χ2v) is 5.68. The molecule has 120 valence electrons. The van der Waals surface area contributed by atoms with Gasteiger partial charge in [-0.15, -0.1) is 0 Å². The highest BCUT2D eigenvalue weighted by Gasteiger charge is 2.12. The first-order valence-electron chi connectivity index (χ1n) is 7.74. The number of aryl methyl sites for hydroxylation is 1. The van der Waals surface area contributed by atoms with Gasteiger partial charge in [0.25, 0.3) is 5.91 Å². The SMILES string of the molecule is Cc1ccc(C(=O)Nc2cccc(N3CCOCC3)c2)cc1N. The molecule has 1 fully saturated rings. The summed E-state index contributed by atoms with van der Waals surface area (Å²) < 4.78 is 5.37. The van der Waals surface area contributed by atoms with E-state index in [1.807, 2.05) is 37.3 Å². The van der Waals surface area contributed by atoms with E-state index in [4.69, 9.17) is 10.5 Å². The number of hydrogen-bond donors (Lipinski definition) is 2. The van der Waals surface area contributed by atoms with Crippen LogP contribution in [0, 0.1) is 6.92 Å². The Morgan fingerprint density at radius 1 is 1.17 bits per heavy atom. The van der Waals surface area contributed by atoms with E-state index in [2.05, 4.69) is 10.2 Å². The van der Waals surface area contributed by atoms with Gasteiger partial charge >= 0.3 is 0 Å². The number of amides is 1. The van der Waals surface area contributed by atoms with E-state index < -0.39 is 0 Å². The number of rotatable bonds is 3. The second kappa shape index (κ2) is 6.71. The first-order valence-corrected chi connectivity index (χ1v) is 7.74. The molecule has 1 amide bonds. The summed E-state index contributed by atoms with van der Waals surface area (Å²) in [5.74, 6) is -0.157. The Morgan fingerprint density at radius 3 is 2.70 bits per heavy atom. The van der Waals surface area contributed by atoms with Gasteiger partial charge in [0.1, 0.15) is 0 Å². The van der Waals surface area contributed by atoms with Gasteiger partial charge in [-0.2, -0.15) is 0 Å². The minimum atomic E-state index is -0.157. The largest absolute Gasteiger partial charge is 0.398 e. The number of anilines is 3. The molecule has 0 spiro atoms. The van der Waals surface area contributed by atoms with Crippen molar-refractivity contribution in [3.05, 3.63) is 53.6 Å². The number of nitrogens with zero attached hydrogens (tertiary/aromatic N) is 1. The number of morpholine rings is 1. The molecule has 0 unspecified atom stereocenters. The molecule has 0 saturated carbocycles. The molecule has 3 N–H and O–H groups in total. The van der Waals surface area contributed by atoms with Crippen molar-refractivity contribution >= 4 is 23.0 Å². The molecule has 0 radical (unpaired) electrons. The van der Waals surface area contributed by atoms with Crippen molar-refractivity contribution in [1.82, 2.24) is 0 Å². The van der Waals surface area contributed by atoms with Gasteiger partial charge in [0, 0.05) is 35.7 Å². The predicted octanol–water partition coefficient (Wildman–Crippen LogP) is 2.67. The Morgan fingerprint density at radius 2 is 1.96 bits per heavy atom. The number of carbonyl (C=O) groups excluding carboxylic acids is 1. The molecule has 2 aromatic carbocycles. The van der Waals surface area contributed by atoms with E-state index in [-0.39, 0.29) is 5.91 Å². The second-order valence-electron chi connectivity index (χ2n) is 5.68. The molecule has 1 aliphatic heterocycles. The smallest absolute Gasteiger partial charge is 0.255 e. The van der Waals surface area contributed by atoms with E-state index in [1.165, 1.54) is 0 Å². The molecule has 0 aromatic heterocycles. The molecule has 3 rings (SSSR count). The lowest BCUT2D eigenvalue weighted by Crippen LogP contribution is -2.36. The van der Waals surface area contributed by atoms with Gasteiger partial charge in [0.15, 0.2) is 0 Å². The Hall–Kier alpha value is -2.53. The van der Waals surface area contributed by atoms with Crippen molar-refractivity contribution in [3.8, 4) is 0 Å². The van der Waals surface area contributed by atoms with E-state index in [0.29, 0.717) is 11.3 Å². The Balaban J connectivity index is 1.74. The zero-order valence-corrected chi connectivity index (χ0v) is 13.2. The van der Waals surface area contributed by atoms with Crippen molar-refractivity contribution in [3.63, 3.8) is 0 Å². The van der Waals surface area contributed by atoms with Crippen LogP contribution in [0.3, 0.4) is 0 Å². The fourth-order valence-electron chi connectivity index (χ4n) is 2.59. The predicted molar refractivity (Wildman–Crippen MR) is 93.0 cm³/mol. The number of hydrogen-bond acceptors (Lipinski definition) is 4. The van der Waals surface area contributed by atoms with Crippen molar-refractivity contribution in [1.29, 1.82) is 0 Å². The summed E-state index contributed by atoms with van der Waals surface area (Å²) in [6.07, 6.45) is 0. The van der Waals surface area contributed by atoms with Crippen molar-refractivity contribution < 1.29 is 9.53 Å². The maximum absolute atomic E-state index is 12.4. The fourth-order valence-corrected chi connectivity index (χ4v) is 2.59. The third-order valence-corrected chi connectivity index (χ3v) is 4.02. The summed E-state index contributed by atoms with van der Waals surface area (Å²) in [6, 6.07) is 13.2. The summed E-state index contributed by atoms with van der Waals surface area (Å²) in [7, 11) is 0. The standard InChI is InChI=1S/C18H21N3O2/c1-13-5-6-14(11-17(13)19)18(22)20-15-3-2-4-16(12-15)21-7-9-23-10-8-21/h2-6,11-12H,7-10,19H2,1H3,(H,20,22). The highest BCUT2D eigenvalue weighted by molar-refractivity contribution is 6.05. The van der Waals surface area contributed by atoms with Gasteiger partial charge in [-0.25, -0.2) is 0 Å². The zero-order valence-electron chi connectivity index (χ0n) is 13.2. The van der Waals surface area contributed by atoms with Gasteiger partial charge in [0.2, 0.25) is 0 Å². The van der Waals surface area contributed by atoms with Crippen LogP contribution in [-0.2, 0) is 4.74 Å². The summed E-state index contributed by atoms with van der Waals surface area (Å²) in [5, 5.41) is 2.93. The maximum atomic E-state index is 12.4. The molecule has 0 aliphatic carbocycles. The average Bonchev–Trinajstić information content (AvgIpc) is 2.58. The molecule has 23 heavy (non-hydrogen) atoms. The number of nitrogens with two attached hydrogens (primary N) is 1. The van der Waals surface area contributed by atoms with Gasteiger partial charge in [-0.3, -0.25) is 4.79 Å². The maximum Gasteiger partial charge on any atom is 0.255 e. The van der Waals surface area contributed by atoms with Crippen LogP contribution in [0.4, 0.5) is 17.1 Å². The topological polar surface area (TPSA) is 67.6 Å². The normalized spacial score (nSPS) is 14.6. The number of nitrogen functional groups attached to an aromatic ring is 1. The molecule has 0 atom stereocenters. The zero-order chi connectivity index (χ0) is 16.2. The lowest BCUT2D eigenvalue weighted by atomic mass is 10.1. The number of ether oxygens (including phenoxy) is 1. The molecule has 1 saturated heterocycles. The first kappa shape index (κ1) is 15.4. The first-order chi connectivity index (χ1) is 11.1. The quantitative estimate of drug-likeness (QED) is 0.855. The summed E-state index contributed by atoms with van der Waals surface area (Å²) in [6.45, 7) is 5.12. The Bertz CT molecular complexity index is 709. The van der Waals surface area contributed by atoms with E-state index in [9.17, 15) is 4.79 Å². The minimum absolute atomic E-state index is 0.157. The van der Waals surface area contributed by atoms with Crippen LogP contribution in [0.25, 0.3) is 0 Å². The number of nitrogens with one attached hydrogen (secondary N) is 1. The van der Waals surface area contributed by atoms with E-state index in [1.54, 1.807) is 12.1 Å². The van der Waals surface area contributed by atoms with Crippen LogP contribution in [-0.4, -0.2) is 32.2 Å². The summed E-state index contributed by atoms with van der Waals surface area (Å²) in [4.78, 5) is 14.6. The summed E-state index contributed by atoms with van der Waals surface area (Å²) >= 11 is 0. The Labute approximate surface area is 136 Å². The highest BCUT2D eigenvalue weighted by Crippen LogP contribution is 2.21. The lowest BCUT2D eigenvalue weighted by molar-refractivity contribution is 0.102. The molecule has 2 aromatic rings. The van der Waals surface area contributed by atoms with E-state index in [0.717, 1.165) is 43.2 Å². The van der Waals surface area contributed by atoms with Crippen LogP contribution < -0.4 is 16.0 Å². The number of benzene rings is 2. The van der Waals surface area contributed by atoms with Crippen molar-refractivity contribution in [2.75, 3.05) is 42.3 Å². The molecule has 1 heterocycles. The third-order valence-electron chi connectivity index (χ3n) is 4.02. The lowest BCUT2D eigenvalue weighted by Gasteiger charge is -2.29. The third kappa shape index (κ3) is 3.63. The van der Waals surface area contributed by atoms with Gasteiger partial charge in [0.05, 0.1) is 13.2 Å². The molecule has 5 nitrogen and oxygen atoms in total. The van der Waals surface area contributed by atoms with Crippen LogP contribution in [0.2, 0.25) is 0 Å². The molecule has 0 bridgehead atoms. The molecular formula is C18H21N3O2. The highest BCUT2D eigenvalue weighted by atomic mass is 16.5. The van der Waals surface area contributed by atoms with Gasteiger partial charge < -0.3 is 20.7 Å². The van der Waals surface area contributed by atoms with Crippen LogP contribution >= 0.6 is 0 Å². The van der Waals surface area contributed by atoms with E-state index >= 15 is 0 Å². The molecule has 1 aliphatic rings. The van der Waals surface area contributed by atoms with Crippen LogP contribution in [0.1, 0.15) is 15.9 Å². The molecular weight excluding hydrogens is 290 g/mol. The van der Waals surface area contributed by atoms with Gasteiger partial charge in [-0.05, 0) is 42.8 Å². The number of carbonyl (C=O) groups is 1.